The molecule has 0 aliphatic carbocycles. The normalized spacial score (nSPS) is 14.9. The largest absolute Gasteiger partial charge is 0.443 e. The molecule has 1 amide bonds. The van der Waals surface area contributed by atoms with Crippen molar-refractivity contribution in [3.8, 4) is 0 Å². The van der Waals surface area contributed by atoms with Crippen LogP contribution >= 0.6 is 23.4 Å². The molecule has 3 nitrogen and oxygen atoms in total. The van der Waals surface area contributed by atoms with E-state index in [1.807, 2.05) is 5.41 Å². The predicted octanol–water partition coefficient (Wildman–Crippen LogP) is 2.35. The molecule has 5 heteroatoms. The maximum absolute atomic E-state index is 11.1. The molecule has 0 atom stereocenters. The first-order valence-corrected chi connectivity index (χ1v) is 4.68. The van der Waals surface area contributed by atoms with E-state index in [1.165, 1.54) is 16.7 Å². The van der Waals surface area contributed by atoms with E-state index in [2.05, 4.69) is 6.58 Å². The number of carbonyl (C=O) groups is 1. The summed E-state index contributed by atoms with van der Waals surface area (Å²) in [6.07, 6.45) is 1.28. The minimum absolute atomic E-state index is 0.0649. The van der Waals surface area contributed by atoms with Gasteiger partial charge in [-0.25, -0.2) is 4.79 Å². The van der Waals surface area contributed by atoms with Crippen molar-refractivity contribution in [2.24, 2.45) is 0 Å². The van der Waals surface area contributed by atoms with E-state index in [4.69, 9.17) is 16.3 Å². The molecule has 0 saturated heterocycles. The number of amides is 1. The van der Waals surface area contributed by atoms with Crippen molar-refractivity contribution in [1.82, 2.24) is 4.90 Å². The Hall–Kier alpha value is -0.610. The lowest BCUT2D eigenvalue weighted by atomic mass is 10.7. The third-order valence-corrected chi connectivity index (χ3v) is 1.99. The van der Waals surface area contributed by atoms with Crippen molar-refractivity contribution in [2.45, 2.75) is 0 Å². The van der Waals surface area contributed by atoms with E-state index in [1.54, 1.807) is 6.20 Å². The topological polar surface area (TPSA) is 29.5 Å². The van der Waals surface area contributed by atoms with Crippen LogP contribution in [0, 0.1) is 0 Å². The number of thioether (sulfide) groups is 1. The molecule has 0 aromatic rings. The predicted molar refractivity (Wildman–Crippen MR) is 49.8 cm³/mol. The Bertz CT molecular complexity index is 229. The summed E-state index contributed by atoms with van der Waals surface area (Å²) >= 11 is 6.95. The highest BCUT2D eigenvalue weighted by molar-refractivity contribution is 8.02. The fourth-order valence-corrected chi connectivity index (χ4v) is 1.35. The Balaban J connectivity index is 2.28. The maximum Gasteiger partial charge on any atom is 0.414 e. The lowest BCUT2D eigenvalue weighted by Crippen LogP contribution is -2.24. The van der Waals surface area contributed by atoms with Gasteiger partial charge in [0.25, 0.3) is 0 Å². The fourth-order valence-electron chi connectivity index (χ4n) is 0.619. The van der Waals surface area contributed by atoms with Gasteiger partial charge in [-0.05, 0) is 5.41 Å². The lowest BCUT2D eigenvalue weighted by molar-refractivity contribution is 0.133. The molecule has 1 aliphatic heterocycles. The summed E-state index contributed by atoms with van der Waals surface area (Å²) < 4.78 is 4.78. The van der Waals surface area contributed by atoms with Crippen molar-refractivity contribution in [3.63, 3.8) is 0 Å². The van der Waals surface area contributed by atoms with E-state index in [-0.39, 0.29) is 6.61 Å². The third-order valence-electron chi connectivity index (χ3n) is 1.14. The highest BCUT2D eigenvalue weighted by Gasteiger charge is 2.14. The SMILES string of the molecule is C=C(Cl)COC(=O)N1C=CSC1. The summed E-state index contributed by atoms with van der Waals surface area (Å²) in [5.74, 6) is 0.605. The van der Waals surface area contributed by atoms with E-state index < -0.39 is 6.09 Å². The lowest BCUT2D eigenvalue weighted by Gasteiger charge is -2.11. The van der Waals surface area contributed by atoms with Crippen LogP contribution in [0.3, 0.4) is 0 Å². The van der Waals surface area contributed by atoms with Crippen LogP contribution in [0.4, 0.5) is 4.79 Å². The van der Waals surface area contributed by atoms with Gasteiger partial charge in [0.1, 0.15) is 6.61 Å². The van der Waals surface area contributed by atoms with Gasteiger partial charge in [-0.2, -0.15) is 0 Å². The molecule has 0 bridgehead atoms. The first-order valence-electron chi connectivity index (χ1n) is 3.25. The van der Waals surface area contributed by atoms with E-state index in [0.29, 0.717) is 10.9 Å². The number of halogens is 1. The van der Waals surface area contributed by atoms with Gasteiger partial charge in [0, 0.05) is 11.2 Å². The van der Waals surface area contributed by atoms with Crippen LogP contribution in [0.15, 0.2) is 23.2 Å². The molecule has 66 valence electrons. The molecular weight excluding hydrogens is 198 g/mol. The minimum atomic E-state index is -0.391. The Morgan fingerprint density at radius 1 is 1.83 bits per heavy atom. The van der Waals surface area contributed by atoms with Crippen LogP contribution in [-0.4, -0.2) is 23.5 Å². The zero-order valence-electron chi connectivity index (χ0n) is 6.33. The van der Waals surface area contributed by atoms with Crippen LogP contribution in [0.25, 0.3) is 0 Å². The first kappa shape index (κ1) is 9.48. The molecule has 1 heterocycles. The zero-order valence-corrected chi connectivity index (χ0v) is 7.90. The molecule has 0 unspecified atom stereocenters. The van der Waals surface area contributed by atoms with Crippen molar-refractivity contribution < 1.29 is 9.53 Å². The number of nitrogens with zero attached hydrogens (tertiary/aromatic N) is 1. The van der Waals surface area contributed by atoms with Gasteiger partial charge in [0.2, 0.25) is 0 Å². The smallest absolute Gasteiger partial charge is 0.414 e. The average Bonchev–Trinajstić information content (AvgIpc) is 2.51. The summed E-state index contributed by atoms with van der Waals surface area (Å²) in [6.45, 7) is 3.47. The molecule has 1 rings (SSSR count). The molecule has 0 fully saturated rings. The zero-order chi connectivity index (χ0) is 8.97. The Labute approximate surface area is 80.0 Å². The van der Waals surface area contributed by atoms with Gasteiger partial charge in [0.05, 0.1) is 5.88 Å². The molecule has 0 radical (unpaired) electrons. The Morgan fingerprint density at radius 3 is 3.08 bits per heavy atom. The van der Waals surface area contributed by atoms with Crippen LogP contribution in [-0.2, 0) is 4.74 Å². The first-order chi connectivity index (χ1) is 5.70. The van der Waals surface area contributed by atoms with E-state index >= 15 is 0 Å². The van der Waals surface area contributed by atoms with Gasteiger partial charge in [-0.15, -0.1) is 11.8 Å². The van der Waals surface area contributed by atoms with Crippen molar-refractivity contribution in [3.05, 3.63) is 23.2 Å². The minimum Gasteiger partial charge on any atom is -0.443 e. The fraction of sp³-hybridized carbons (Fsp3) is 0.286. The highest BCUT2D eigenvalue weighted by atomic mass is 35.5. The van der Waals surface area contributed by atoms with Crippen LogP contribution in [0.1, 0.15) is 0 Å². The quantitative estimate of drug-likeness (QED) is 0.693. The average molecular weight is 206 g/mol. The molecule has 0 aromatic heterocycles. The third kappa shape index (κ3) is 2.79. The van der Waals surface area contributed by atoms with Gasteiger partial charge < -0.3 is 4.74 Å². The van der Waals surface area contributed by atoms with Gasteiger partial charge in [-0.1, -0.05) is 18.2 Å². The van der Waals surface area contributed by atoms with Gasteiger partial charge in [-0.3, -0.25) is 4.90 Å². The van der Waals surface area contributed by atoms with Crippen LogP contribution < -0.4 is 0 Å². The molecule has 0 N–H and O–H groups in total. The van der Waals surface area contributed by atoms with Crippen molar-refractivity contribution >= 4 is 29.5 Å². The van der Waals surface area contributed by atoms with Crippen molar-refractivity contribution in [2.75, 3.05) is 12.5 Å². The summed E-state index contributed by atoms with van der Waals surface area (Å²) in [6, 6.07) is 0. The standard InChI is InChI=1S/C7H8ClNO2S/c1-6(8)4-11-7(10)9-2-3-12-5-9/h2-3H,1,4-5H2. The Kier molecular flexibility index (Phi) is 3.49. The number of carbonyl (C=O) groups excluding carboxylic acids is 1. The van der Waals surface area contributed by atoms with Gasteiger partial charge in [0.15, 0.2) is 0 Å². The number of hydrogen-bond donors (Lipinski definition) is 0. The van der Waals surface area contributed by atoms with Gasteiger partial charge >= 0.3 is 6.09 Å². The molecule has 0 aromatic carbocycles. The molecule has 12 heavy (non-hydrogen) atoms. The van der Waals surface area contributed by atoms with Crippen LogP contribution in [0.5, 0.6) is 0 Å². The summed E-state index contributed by atoms with van der Waals surface area (Å²) in [4.78, 5) is 12.6. The second-order valence-electron chi connectivity index (χ2n) is 2.12. The second kappa shape index (κ2) is 4.42. The van der Waals surface area contributed by atoms with Crippen molar-refractivity contribution in [1.29, 1.82) is 0 Å². The number of ether oxygens (including phenoxy) is 1. The van der Waals surface area contributed by atoms with Crippen LogP contribution in [0.2, 0.25) is 0 Å². The molecule has 0 saturated carbocycles. The maximum atomic E-state index is 11.1. The Morgan fingerprint density at radius 2 is 2.58 bits per heavy atom. The van der Waals surface area contributed by atoms with E-state index in [0.717, 1.165) is 0 Å². The molecular formula is C7H8ClNO2S. The number of hydrogen-bond acceptors (Lipinski definition) is 3. The molecule has 0 spiro atoms. The second-order valence-corrected chi connectivity index (χ2v) is 3.52. The molecule has 1 aliphatic rings. The highest BCUT2D eigenvalue weighted by Crippen LogP contribution is 2.16. The monoisotopic (exact) mass is 205 g/mol. The summed E-state index contributed by atoms with van der Waals surface area (Å²) in [5, 5.41) is 2.15. The summed E-state index contributed by atoms with van der Waals surface area (Å²) in [7, 11) is 0. The summed E-state index contributed by atoms with van der Waals surface area (Å²) in [5.41, 5.74) is 0. The van der Waals surface area contributed by atoms with E-state index in [9.17, 15) is 4.79 Å². The number of rotatable bonds is 2.